The summed E-state index contributed by atoms with van der Waals surface area (Å²) < 4.78 is 38.8. The van der Waals surface area contributed by atoms with Gasteiger partial charge >= 0.3 is 6.18 Å². The number of hydrogen-bond acceptors (Lipinski definition) is 2. The fourth-order valence-corrected chi connectivity index (χ4v) is 2.62. The van der Waals surface area contributed by atoms with Crippen LogP contribution in [0.1, 0.15) is 31.2 Å². The topological polar surface area (TPSA) is 32.3 Å². The Hall–Kier alpha value is -1.23. The first kappa shape index (κ1) is 14.2. The summed E-state index contributed by atoms with van der Waals surface area (Å²) in [5.41, 5.74) is 1.43. The van der Waals surface area contributed by atoms with Crippen molar-refractivity contribution in [3.8, 4) is 0 Å². The van der Waals surface area contributed by atoms with E-state index in [4.69, 9.17) is 5.11 Å². The SMILES string of the molecule is OCc1ccc(NC2CCCCC2C(F)(F)F)cc1. The number of rotatable bonds is 3. The lowest BCUT2D eigenvalue weighted by molar-refractivity contribution is -0.184. The average molecular weight is 273 g/mol. The van der Waals surface area contributed by atoms with E-state index in [0.29, 0.717) is 18.5 Å². The van der Waals surface area contributed by atoms with Crippen LogP contribution in [0.15, 0.2) is 24.3 Å². The van der Waals surface area contributed by atoms with Crippen molar-refractivity contribution < 1.29 is 18.3 Å². The lowest BCUT2D eigenvalue weighted by atomic mass is 9.84. The van der Waals surface area contributed by atoms with Gasteiger partial charge in [0.2, 0.25) is 0 Å². The molecule has 0 radical (unpaired) electrons. The second-order valence-corrected chi connectivity index (χ2v) is 5.04. The quantitative estimate of drug-likeness (QED) is 0.880. The molecular formula is C14H18F3NO. The van der Waals surface area contributed by atoms with Crippen molar-refractivity contribution in [2.75, 3.05) is 5.32 Å². The summed E-state index contributed by atoms with van der Waals surface area (Å²) in [4.78, 5) is 0. The molecule has 0 heterocycles. The number of halogens is 3. The highest BCUT2D eigenvalue weighted by atomic mass is 19.4. The molecule has 0 spiro atoms. The Kier molecular flexibility index (Phi) is 4.34. The van der Waals surface area contributed by atoms with Crippen molar-refractivity contribution in [3.05, 3.63) is 29.8 Å². The summed E-state index contributed by atoms with van der Waals surface area (Å²) in [6, 6.07) is 6.32. The monoisotopic (exact) mass is 273 g/mol. The zero-order valence-electron chi connectivity index (χ0n) is 10.6. The zero-order valence-corrected chi connectivity index (χ0v) is 10.6. The van der Waals surface area contributed by atoms with Crippen molar-refractivity contribution >= 4 is 5.69 Å². The number of nitrogens with one attached hydrogen (secondary N) is 1. The van der Waals surface area contributed by atoms with Crippen molar-refractivity contribution in [2.45, 2.75) is 44.5 Å². The molecule has 1 fully saturated rings. The molecule has 1 aliphatic rings. The molecule has 1 saturated carbocycles. The molecule has 2 nitrogen and oxygen atoms in total. The third kappa shape index (κ3) is 3.62. The van der Waals surface area contributed by atoms with Crippen LogP contribution in [-0.2, 0) is 6.61 Å². The van der Waals surface area contributed by atoms with Gasteiger partial charge in [-0.05, 0) is 30.5 Å². The van der Waals surface area contributed by atoms with Crippen LogP contribution < -0.4 is 5.32 Å². The minimum Gasteiger partial charge on any atom is -0.392 e. The summed E-state index contributed by atoms with van der Waals surface area (Å²) in [5, 5.41) is 11.9. The molecule has 1 aromatic rings. The highest BCUT2D eigenvalue weighted by Gasteiger charge is 2.45. The van der Waals surface area contributed by atoms with Gasteiger partial charge in [0.15, 0.2) is 0 Å². The number of alkyl halides is 3. The largest absolute Gasteiger partial charge is 0.393 e. The maximum Gasteiger partial charge on any atom is 0.393 e. The van der Waals surface area contributed by atoms with Crippen molar-refractivity contribution in [2.24, 2.45) is 5.92 Å². The van der Waals surface area contributed by atoms with Gasteiger partial charge in [0.25, 0.3) is 0 Å². The van der Waals surface area contributed by atoms with Gasteiger partial charge < -0.3 is 10.4 Å². The molecule has 1 aliphatic carbocycles. The predicted molar refractivity (Wildman–Crippen MR) is 67.8 cm³/mol. The highest BCUT2D eigenvalue weighted by molar-refractivity contribution is 5.45. The highest BCUT2D eigenvalue weighted by Crippen LogP contribution is 2.38. The number of anilines is 1. The Morgan fingerprint density at radius 3 is 2.32 bits per heavy atom. The Morgan fingerprint density at radius 1 is 1.11 bits per heavy atom. The van der Waals surface area contributed by atoms with Gasteiger partial charge in [0.1, 0.15) is 0 Å². The standard InChI is InChI=1S/C14H18F3NO/c15-14(16,17)12-3-1-2-4-13(12)18-11-7-5-10(9-19)6-8-11/h5-8,12-13,18-19H,1-4,9H2. The molecule has 2 unspecified atom stereocenters. The Morgan fingerprint density at radius 2 is 1.74 bits per heavy atom. The predicted octanol–water partition coefficient (Wildman–Crippen LogP) is 3.71. The Labute approximate surface area is 110 Å². The van der Waals surface area contributed by atoms with E-state index < -0.39 is 18.1 Å². The minimum atomic E-state index is -4.14. The van der Waals surface area contributed by atoms with Gasteiger partial charge in [-0.25, -0.2) is 0 Å². The maximum atomic E-state index is 12.9. The Balaban J connectivity index is 2.06. The van der Waals surface area contributed by atoms with E-state index in [1.807, 2.05) is 0 Å². The van der Waals surface area contributed by atoms with Crippen molar-refractivity contribution in [3.63, 3.8) is 0 Å². The first-order chi connectivity index (χ1) is 9.00. The molecule has 1 aromatic carbocycles. The van der Waals surface area contributed by atoms with Gasteiger partial charge in [-0.2, -0.15) is 13.2 Å². The van der Waals surface area contributed by atoms with E-state index in [1.54, 1.807) is 24.3 Å². The number of aliphatic hydroxyl groups excluding tert-OH is 1. The fraction of sp³-hybridized carbons (Fsp3) is 0.571. The Bertz CT molecular complexity index is 402. The van der Waals surface area contributed by atoms with Crippen LogP contribution in [-0.4, -0.2) is 17.3 Å². The smallest absolute Gasteiger partial charge is 0.392 e. The fourth-order valence-electron chi connectivity index (χ4n) is 2.62. The van der Waals surface area contributed by atoms with Gasteiger partial charge in [-0.15, -0.1) is 0 Å². The molecule has 19 heavy (non-hydrogen) atoms. The summed E-state index contributed by atoms with van der Waals surface area (Å²) >= 11 is 0. The molecule has 2 rings (SSSR count). The van der Waals surface area contributed by atoms with E-state index in [0.717, 1.165) is 12.0 Å². The lowest BCUT2D eigenvalue weighted by Gasteiger charge is -2.34. The maximum absolute atomic E-state index is 12.9. The van der Waals surface area contributed by atoms with Crippen LogP contribution in [0.3, 0.4) is 0 Å². The molecule has 2 atom stereocenters. The van der Waals surface area contributed by atoms with Crippen molar-refractivity contribution in [1.82, 2.24) is 0 Å². The van der Waals surface area contributed by atoms with E-state index >= 15 is 0 Å². The van der Waals surface area contributed by atoms with Crippen LogP contribution in [0.25, 0.3) is 0 Å². The lowest BCUT2D eigenvalue weighted by Crippen LogP contribution is -2.41. The minimum absolute atomic E-state index is 0.0606. The summed E-state index contributed by atoms with van der Waals surface area (Å²) in [6.07, 6.45) is -1.91. The van der Waals surface area contributed by atoms with E-state index in [1.165, 1.54) is 0 Å². The number of benzene rings is 1. The number of aliphatic hydroxyl groups is 1. The summed E-state index contributed by atoms with van der Waals surface area (Å²) in [6.45, 7) is -0.0606. The second-order valence-electron chi connectivity index (χ2n) is 5.04. The molecule has 0 aliphatic heterocycles. The van der Waals surface area contributed by atoms with E-state index in [9.17, 15) is 13.2 Å². The molecule has 0 amide bonds. The van der Waals surface area contributed by atoms with Gasteiger partial charge in [-0.1, -0.05) is 25.0 Å². The van der Waals surface area contributed by atoms with Crippen LogP contribution >= 0.6 is 0 Å². The third-order valence-corrected chi connectivity index (χ3v) is 3.67. The molecular weight excluding hydrogens is 255 g/mol. The van der Waals surface area contributed by atoms with Crippen LogP contribution in [0.4, 0.5) is 18.9 Å². The first-order valence-corrected chi connectivity index (χ1v) is 6.54. The summed E-state index contributed by atoms with van der Waals surface area (Å²) in [7, 11) is 0. The van der Waals surface area contributed by atoms with E-state index in [-0.39, 0.29) is 13.0 Å². The normalized spacial score (nSPS) is 24.2. The third-order valence-electron chi connectivity index (χ3n) is 3.67. The molecule has 2 N–H and O–H groups in total. The molecule has 106 valence electrons. The molecule has 5 heteroatoms. The molecule has 0 bridgehead atoms. The van der Waals surface area contributed by atoms with Gasteiger partial charge in [0.05, 0.1) is 12.5 Å². The second kappa shape index (κ2) is 5.82. The van der Waals surface area contributed by atoms with Crippen LogP contribution in [0.2, 0.25) is 0 Å². The van der Waals surface area contributed by atoms with E-state index in [2.05, 4.69) is 5.32 Å². The molecule has 0 aromatic heterocycles. The first-order valence-electron chi connectivity index (χ1n) is 6.54. The molecule has 0 saturated heterocycles. The van der Waals surface area contributed by atoms with Gasteiger partial charge in [-0.3, -0.25) is 0 Å². The summed E-state index contributed by atoms with van der Waals surface area (Å²) in [5.74, 6) is -1.27. The van der Waals surface area contributed by atoms with Gasteiger partial charge in [0, 0.05) is 11.7 Å². The van der Waals surface area contributed by atoms with Crippen molar-refractivity contribution in [1.29, 1.82) is 0 Å². The van der Waals surface area contributed by atoms with Crippen LogP contribution in [0.5, 0.6) is 0 Å². The number of hydrogen-bond donors (Lipinski definition) is 2. The van der Waals surface area contributed by atoms with Crippen LogP contribution in [0, 0.1) is 5.92 Å². The average Bonchev–Trinajstić information content (AvgIpc) is 2.39. The zero-order chi connectivity index (χ0) is 13.9.